The van der Waals surface area contributed by atoms with Gasteiger partial charge in [-0.3, -0.25) is 10.2 Å². The van der Waals surface area contributed by atoms with E-state index in [1.165, 1.54) is 0 Å². The highest BCUT2D eigenvalue weighted by Crippen LogP contribution is 2.28. The van der Waals surface area contributed by atoms with Crippen LogP contribution in [0, 0.1) is 5.92 Å². The molecule has 1 amide bonds. The summed E-state index contributed by atoms with van der Waals surface area (Å²) >= 11 is -1.08. The topological polar surface area (TPSA) is 73.4 Å². The molecule has 1 saturated heterocycles. The van der Waals surface area contributed by atoms with Crippen LogP contribution in [0.2, 0.25) is 0 Å². The highest BCUT2D eigenvalue weighted by molar-refractivity contribution is 7.90. The summed E-state index contributed by atoms with van der Waals surface area (Å²) in [6.45, 7) is 4.06. The van der Waals surface area contributed by atoms with Crippen molar-refractivity contribution in [1.29, 1.82) is 0 Å². The Labute approximate surface area is 134 Å². The monoisotopic (exact) mass is 322 g/mol. The first-order chi connectivity index (χ1) is 10.4. The predicted octanol–water partition coefficient (Wildman–Crippen LogP) is 1.87. The van der Waals surface area contributed by atoms with Crippen LogP contribution < -0.4 is 15.6 Å². The summed E-state index contributed by atoms with van der Waals surface area (Å²) in [4.78, 5) is 12.0. The van der Waals surface area contributed by atoms with Crippen LogP contribution in [0.3, 0.4) is 0 Å². The van der Waals surface area contributed by atoms with E-state index in [2.05, 4.69) is 16.9 Å². The summed E-state index contributed by atoms with van der Waals surface area (Å²) in [5, 5.41) is 0. The average molecular weight is 322 g/mol. The van der Waals surface area contributed by atoms with Gasteiger partial charge in [-0.25, -0.2) is 5.43 Å². The zero-order valence-corrected chi connectivity index (χ0v) is 14.1. The molecule has 1 aromatic rings. The van der Waals surface area contributed by atoms with E-state index in [1.807, 2.05) is 32.0 Å². The Morgan fingerprint density at radius 3 is 2.82 bits per heavy atom. The average Bonchev–Trinajstić information content (AvgIpc) is 2.49. The van der Waals surface area contributed by atoms with Crippen molar-refractivity contribution in [3.05, 3.63) is 29.8 Å². The van der Waals surface area contributed by atoms with E-state index >= 15 is 0 Å². The molecule has 0 aromatic heterocycles. The SMILES string of the molecule is COc1cc(/C(C)=C/C2NNC(=O)CC2C)ccc1[S+](C)[O-]. The summed E-state index contributed by atoms with van der Waals surface area (Å²) < 4.78 is 17.0. The van der Waals surface area contributed by atoms with Gasteiger partial charge in [-0.1, -0.05) is 13.0 Å². The number of carbonyl (C=O) groups is 1. The lowest BCUT2D eigenvalue weighted by atomic mass is 9.93. The second-order valence-corrected chi connectivity index (χ2v) is 6.92. The van der Waals surface area contributed by atoms with Crippen molar-refractivity contribution in [3.8, 4) is 5.75 Å². The number of hydrazine groups is 1. The molecule has 1 aromatic carbocycles. The number of ether oxygens (including phenoxy) is 1. The normalized spacial score (nSPS) is 23.9. The molecule has 5 nitrogen and oxygen atoms in total. The molecule has 1 aliphatic heterocycles. The summed E-state index contributed by atoms with van der Waals surface area (Å²) in [5.41, 5.74) is 7.78. The Kier molecular flexibility index (Phi) is 5.50. The van der Waals surface area contributed by atoms with Gasteiger partial charge in [0.1, 0.15) is 6.26 Å². The molecule has 3 unspecified atom stereocenters. The van der Waals surface area contributed by atoms with Gasteiger partial charge < -0.3 is 9.29 Å². The molecule has 0 saturated carbocycles. The zero-order valence-electron chi connectivity index (χ0n) is 13.3. The van der Waals surface area contributed by atoms with Gasteiger partial charge in [-0.15, -0.1) is 0 Å². The number of benzene rings is 1. The van der Waals surface area contributed by atoms with E-state index in [0.717, 1.165) is 11.1 Å². The van der Waals surface area contributed by atoms with Gasteiger partial charge >= 0.3 is 0 Å². The lowest BCUT2D eigenvalue weighted by molar-refractivity contribution is -0.125. The van der Waals surface area contributed by atoms with Crippen molar-refractivity contribution in [2.45, 2.75) is 31.2 Å². The molecule has 0 aliphatic carbocycles. The quantitative estimate of drug-likeness (QED) is 0.830. The van der Waals surface area contributed by atoms with E-state index in [0.29, 0.717) is 17.1 Å². The van der Waals surface area contributed by atoms with Crippen LogP contribution in [-0.2, 0) is 16.0 Å². The fourth-order valence-electron chi connectivity index (χ4n) is 2.50. The maximum absolute atomic E-state index is 11.7. The van der Waals surface area contributed by atoms with Crippen LogP contribution >= 0.6 is 0 Å². The largest absolute Gasteiger partial charge is 0.612 e. The van der Waals surface area contributed by atoms with Gasteiger partial charge in [0.15, 0.2) is 10.6 Å². The van der Waals surface area contributed by atoms with Gasteiger partial charge in [-0.05, 0) is 53.4 Å². The lowest BCUT2D eigenvalue weighted by Crippen LogP contribution is -2.52. The van der Waals surface area contributed by atoms with Crippen molar-refractivity contribution in [1.82, 2.24) is 10.9 Å². The van der Waals surface area contributed by atoms with Crippen LogP contribution in [0.25, 0.3) is 5.57 Å². The maximum Gasteiger partial charge on any atom is 0.234 e. The molecule has 0 spiro atoms. The van der Waals surface area contributed by atoms with E-state index in [-0.39, 0.29) is 17.9 Å². The zero-order chi connectivity index (χ0) is 16.3. The molecule has 1 heterocycles. The standard InChI is InChI=1S/C16H22N2O3S/c1-10(7-13-11(2)8-16(19)18-17-13)12-5-6-15(22(4)20)14(9-12)21-3/h5-7,9,11,13,17H,8H2,1-4H3,(H,18,19)/b10-7+. The molecule has 22 heavy (non-hydrogen) atoms. The minimum absolute atomic E-state index is 0.0197. The molecule has 120 valence electrons. The van der Waals surface area contributed by atoms with Crippen molar-refractivity contribution in [2.24, 2.45) is 5.92 Å². The molecule has 0 bridgehead atoms. The number of nitrogens with one attached hydrogen (secondary N) is 2. The summed E-state index contributed by atoms with van der Waals surface area (Å²) in [6, 6.07) is 5.76. The molecule has 2 rings (SSSR count). The lowest BCUT2D eigenvalue weighted by Gasteiger charge is -2.28. The molecule has 3 atom stereocenters. The van der Waals surface area contributed by atoms with Gasteiger partial charge in [-0.2, -0.15) is 0 Å². The maximum atomic E-state index is 11.7. The number of hydrogen-bond donors (Lipinski definition) is 2. The Morgan fingerprint density at radius 1 is 1.50 bits per heavy atom. The second kappa shape index (κ2) is 7.17. The Balaban J connectivity index is 2.23. The first-order valence-corrected chi connectivity index (χ1v) is 8.72. The minimum atomic E-state index is -1.08. The molecular weight excluding hydrogens is 300 g/mol. The number of hydrogen-bond acceptors (Lipinski definition) is 4. The van der Waals surface area contributed by atoms with Gasteiger partial charge in [0.25, 0.3) is 0 Å². The fourth-order valence-corrected chi connectivity index (χ4v) is 3.18. The molecular formula is C16H22N2O3S. The summed E-state index contributed by atoms with van der Waals surface area (Å²) in [5.74, 6) is 0.878. The molecule has 6 heteroatoms. The van der Waals surface area contributed by atoms with E-state index in [4.69, 9.17) is 4.74 Å². The number of rotatable bonds is 4. The van der Waals surface area contributed by atoms with Crippen LogP contribution in [-0.4, -0.2) is 29.9 Å². The van der Waals surface area contributed by atoms with E-state index < -0.39 is 11.2 Å². The highest BCUT2D eigenvalue weighted by atomic mass is 32.2. The van der Waals surface area contributed by atoms with Crippen molar-refractivity contribution < 1.29 is 14.1 Å². The predicted molar refractivity (Wildman–Crippen MR) is 87.8 cm³/mol. The van der Waals surface area contributed by atoms with E-state index in [9.17, 15) is 9.35 Å². The smallest absolute Gasteiger partial charge is 0.234 e. The third kappa shape index (κ3) is 3.82. The van der Waals surface area contributed by atoms with Gasteiger partial charge in [0, 0.05) is 12.5 Å². The number of carbonyl (C=O) groups excluding carboxylic acids is 1. The minimum Gasteiger partial charge on any atom is -0.612 e. The molecule has 0 radical (unpaired) electrons. The third-order valence-electron chi connectivity index (χ3n) is 3.86. The van der Waals surface area contributed by atoms with E-state index in [1.54, 1.807) is 13.4 Å². The Hall–Kier alpha value is -1.50. The van der Waals surface area contributed by atoms with Crippen LogP contribution in [0.15, 0.2) is 29.2 Å². The van der Waals surface area contributed by atoms with Gasteiger partial charge in [0.2, 0.25) is 5.91 Å². The number of amides is 1. The van der Waals surface area contributed by atoms with Crippen molar-refractivity contribution >= 4 is 22.7 Å². The number of allylic oxidation sites excluding steroid dienone is 1. The van der Waals surface area contributed by atoms with Crippen molar-refractivity contribution in [2.75, 3.05) is 13.4 Å². The fraction of sp³-hybridized carbons (Fsp3) is 0.438. The van der Waals surface area contributed by atoms with Crippen LogP contribution in [0.1, 0.15) is 25.8 Å². The first-order valence-electron chi connectivity index (χ1n) is 7.17. The van der Waals surface area contributed by atoms with Crippen LogP contribution in [0.5, 0.6) is 5.75 Å². The first kappa shape index (κ1) is 16.9. The number of methoxy groups -OCH3 is 1. The van der Waals surface area contributed by atoms with Gasteiger partial charge in [0.05, 0.1) is 7.11 Å². The molecule has 2 N–H and O–H groups in total. The van der Waals surface area contributed by atoms with Crippen LogP contribution in [0.4, 0.5) is 0 Å². The summed E-state index contributed by atoms with van der Waals surface area (Å²) in [6.07, 6.45) is 4.25. The highest BCUT2D eigenvalue weighted by Gasteiger charge is 2.24. The molecule has 1 aliphatic rings. The summed E-state index contributed by atoms with van der Waals surface area (Å²) in [7, 11) is 1.58. The third-order valence-corrected chi connectivity index (χ3v) is 4.81. The Bertz CT molecular complexity index is 587. The second-order valence-electron chi connectivity index (χ2n) is 5.57. The Morgan fingerprint density at radius 2 is 2.23 bits per heavy atom. The van der Waals surface area contributed by atoms with Crippen molar-refractivity contribution in [3.63, 3.8) is 0 Å². The molecule has 1 fully saturated rings.